The van der Waals surface area contributed by atoms with Gasteiger partial charge in [-0.05, 0) is 18.1 Å². The second kappa shape index (κ2) is 3.54. The van der Waals surface area contributed by atoms with Crippen molar-refractivity contribution < 1.29 is 4.79 Å². The molecule has 0 spiro atoms. The van der Waals surface area contributed by atoms with Crippen LogP contribution in [0, 0.1) is 5.92 Å². The van der Waals surface area contributed by atoms with Crippen molar-refractivity contribution in [2.24, 2.45) is 11.7 Å². The Morgan fingerprint density at radius 2 is 1.83 bits per heavy atom. The second-order valence-corrected chi connectivity index (χ2v) is 3.20. The summed E-state index contributed by atoms with van der Waals surface area (Å²) in [7, 11) is 0. The van der Waals surface area contributed by atoms with Crippen LogP contribution >= 0.6 is 0 Å². The van der Waals surface area contributed by atoms with Gasteiger partial charge in [0.2, 0.25) is 5.91 Å². The van der Waals surface area contributed by atoms with E-state index in [1.54, 1.807) is 12.4 Å². The zero-order valence-corrected chi connectivity index (χ0v) is 7.40. The van der Waals surface area contributed by atoms with E-state index in [9.17, 15) is 4.79 Å². The smallest absolute Gasteiger partial charge is 0.247 e. The number of hydrogen-bond acceptors (Lipinski definition) is 2. The standard InChI is InChI=1S/C9H14N2O/c1-7(2)8(10)9(12)11-5-3-4-6-11/h3-8H,10H2,1-2H3/t8-/m0/s1. The average Bonchev–Trinajstić information content (AvgIpc) is 2.53. The maximum absolute atomic E-state index is 11.5. The van der Waals surface area contributed by atoms with Gasteiger partial charge in [-0.1, -0.05) is 13.8 Å². The molecule has 0 fully saturated rings. The minimum absolute atomic E-state index is 0.0463. The Labute approximate surface area is 72.2 Å². The van der Waals surface area contributed by atoms with E-state index in [1.165, 1.54) is 4.57 Å². The number of carbonyl (C=O) groups excluding carboxylic acids is 1. The third kappa shape index (κ3) is 1.74. The maximum atomic E-state index is 11.5. The molecule has 12 heavy (non-hydrogen) atoms. The van der Waals surface area contributed by atoms with Gasteiger partial charge in [-0.3, -0.25) is 9.36 Å². The Bertz CT molecular complexity index is 252. The summed E-state index contributed by atoms with van der Waals surface area (Å²) in [5.41, 5.74) is 5.68. The van der Waals surface area contributed by atoms with Gasteiger partial charge in [-0.25, -0.2) is 0 Å². The van der Waals surface area contributed by atoms with Gasteiger partial charge in [0.25, 0.3) is 0 Å². The third-order valence-corrected chi connectivity index (χ3v) is 1.86. The molecule has 1 heterocycles. The molecule has 1 rings (SSSR count). The van der Waals surface area contributed by atoms with Crippen LogP contribution < -0.4 is 5.73 Å². The predicted molar refractivity (Wildman–Crippen MR) is 47.9 cm³/mol. The average molecular weight is 166 g/mol. The number of carbonyl (C=O) groups is 1. The van der Waals surface area contributed by atoms with Gasteiger partial charge in [0.1, 0.15) is 0 Å². The number of nitrogens with two attached hydrogens (primary N) is 1. The van der Waals surface area contributed by atoms with Crippen molar-refractivity contribution in [3.8, 4) is 0 Å². The van der Waals surface area contributed by atoms with Crippen LogP contribution in [0.3, 0.4) is 0 Å². The summed E-state index contributed by atoms with van der Waals surface area (Å²) in [5.74, 6) is 0.134. The third-order valence-electron chi connectivity index (χ3n) is 1.86. The van der Waals surface area contributed by atoms with Gasteiger partial charge in [-0.15, -0.1) is 0 Å². The van der Waals surface area contributed by atoms with Gasteiger partial charge in [-0.2, -0.15) is 0 Å². The molecule has 1 aromatic rings. The van der Waals surface area contributed by atoms with Gasteiger partial charge < -0.3 is 5.73 Å². The summed E-state index contributed by atoms with van der Waals surface area (Å²) in [4.78, 5) is 11.5. The first kappa shape index (κ1) is 9.00. The van der Waals surface area contributed by atoms with Crippen molar-refractivity contribution in [3.05, 3.63) is 24.5 Å². The van der Waals surface area contributed by atoms with Crippen LogP contribution in [0.1, 0.15) is 18.6 Å². The number of rotatable bonds is 2. The van der Waals surface area contributed by atoms with E-state index in [0.29, 0.717) is 0 Å². The van der Waals surface area contributed by atoms with E-state index in [4.69, 9.17) is 5.73 Å². The van der Waals surface area contributed by atoms with E-state index in [2.05, 4.69) is 0 Å². The quantitative estimate of drug-likeness (QED) is 0.715. The predicted octanol–water partition coefficient (Wildman–Crippen LogP) is 1.11. The van der Waals surface area contributed by atoms with Crippen molar-refractivity contribution in [1.29, 1.82) is 0 Å². The van der Waals surface area contributed by atoms with Crippen LogP contribution in [-0.2, 0) is 0 Å². The van der Waals surface area contributed by atoms with Gasteiger partial charge in [0, 0.05) is 12.4 Å². The molecular formula is C9H14N2O. The topological polar surface area (TPSA) is 48.0 Å². The Balaban J connectivity index is 2.72. The number of hydrogen-bond donors (Lipinski definition) is 1. The van der Waals surface area contributed by atoms with Crippen LogP contribution in [0.4, 0.5) is 0 Å². The summed E-state index contributed by atoms with van der Waals surface area (Å²) < 4.78 is 1.52. The minimum Gasteiger partial charge on any atom is -0.320 e. The molecule has 1 aromatic heterocycles. The highest BCUT2D eigenvalue weighted by atomic mass is 16.2. The van der Waals surface area contributed by atoms with Gasteiger partial charge in [0.05, 0.1) is 6.04 Å². The molecule has 0 aromatic carbocycles. The highest BCUT2D eigenvalue weighted by molar-refractivity contribution is 5.84. The van der Waals surface area contributed by atoms with E-state index in [-0.39, 0.29) is 11.8 Å². The van der Waals surface area contributed by atoms with E-state index in [0.717, 1.165) is 0 Å². The van der Waals surface area contributed by atoms with Crippen molar-refractivity contribution in [1.82, 2.24) is 4.57 Å². The molecule has 0 aliphatic heterocycles. The highest BCUT2D eigenvalue weighted by Crippen LogP contribution is 2.02. The highest BCUT2D eigenvalue weighted by Gasteiger charge is 2.17. The molecule has 66 valence electrons. The first-order chi connectivity index (χ1) is 5.63. The summed E-state index contributed by atoms with van der Waals surface area (Å²) in [6, 6.07) is 3.22. The van der Waals surface area contributed by atoms with Crippen LogP contribution in [0.2, 0.25) is 0 Å². The minimum atomic E-state index is -0.405. The van der Waals surface area contributed by atoms with Crippen molar-refractivity contribution >= 4 is 5.91 Å². The number of nitrogens with zero attached hydrogens (tertiary/aromatic N) is 1. The molecule has 0 aliphatic carbocycles. The fraction of sp³-hybridized carbons (Fsp3) is 0.444. The van der Waals surface area contributed by atoms with E-state index < -0.39 is 6.04 Å². The van der Waals surface area contributed by atoms with Gasteiger partial charge in [0.15, 0.2) is 0 Å². The lowest BCUT2D eigenvalue weighted by atomic mass is 10.1. The van der Waals surface area contributed by atoms with Crippen molar-refractivity contribution in [2.75, 3.05) is 0 Å². The molecule has 0 bridgehead atoms. The Kier molecular flexibility index (Phi) is 2.65. The first-order valence-electron chi connectivity index (χ1n) is 4.05. The lowest BCUT2D eigenvalue weighted by molar-refractivity contribution is 0.0857. The molecule has 0 saturated carbocycles. The Hall–Kier alpha value is -1.09. The molecule has 0 radical (unpaired) electrons. The Morgan fingerprint density at radius 1 is 1.33 bits per heavy atom. The van der Waals surface area contributed by atoms with E-state index >= 15 is 0 Å². The SMILES string of the molecule is CC(C)[C@H](N)C(=O)n1cccc1. The number of aromatic nitrogens is 1. The Morgan fingerprint density at radius 3 is 2.25 bits per heavy atom. The molecule has 0 aliphatic rings. The maximum Gasteiger partial charge on any atom is 0.247 e. The van der Waals surface area contributed by atoms with Gasteiger partial charge >= 0.3 is 0 Å². The van der Waals surface area contributed by atoms with E-state index in [1.807, 2.05) is 26.0 Å². The van der Waals surface area contributed by atoms with Crippen molar-refractivity contribution in [2.45, 2.75) is 19.9 Å². The fourth-order valence-corrected chi connectivity index (χ4v) is 0.939. The van der Waals surface area contributed by atoms with Crippen molar-refractivity contribution in [3.63, 3.8) is 0 Å². The summed E-state index contributed by atoms with van der Waals surface area (Å²) >= 11 is 0. The second-order valence-electron chi connectivity index (χ2n) is 3.20. The zero-order chi connectivity index (χ0) is 9.14. The monoisotopic (exact) mass is 166 g/mol. The molecule has 3 nitrogen and oxygen atoms in total. The summed E-state index contributed by atoms with van der Waals surface area (Å²) in [6.07, 6.45) is 3.43. The molecular weight excluding hydrogens is 152 g/mol. The summed E-state index contributed by atoms with van der Waals surface area (Å²) in [6.45, 7) is 3.87. The lowest BCUT2D eigenvalue weighted by Gasteiger charge is -2.14. The molecule has 3 heteroatoms. The van der Waals surface area contributed by atoms with Crippen LogP contribution in [0.5, 0.6) is 0 Å². The zero-order valence-electron chi connectivity index (χ0n) is 7.40. The largest absolute Gasteiger partial charge is 0.320 e. The molecule has 0 saturated heterocycles. The molecule has 2 N–H and O–H groups in total. The first-order valence-corrected chi connectivity index (χ1v) is 4.05. The van der Waals surface area contributed by atoms with Crippen LogP contribution in [0.15, 0.2) is 24.5 Å². The lowest BCUT2D eigenvalue weighted by Crippen LogP contribution is -2.38. The molecule has 0 unspecified atom stereocenters. The van der Waals surface area contributed by atoms with Crippen LogP contribution in [-0.4, -0.2) is 16.5 Å². The fourth-order valence-electron chi connectivity index (χ4n) is 0.939. The summed E-state index contributed by atoms with van der Waals surface area (Å²) in [5, 5.41) is 0. The molecule has 1 atom stereocenters. The van der Waals surface area contributed by atoms with Crippen LogP contribution in [0.25, 0.3) is 0 Å². The normalized spacial score (nSPS) is 13.3. The molecule has 0 amide bonds.